The summed E-state index contributed by atoms with van der Waals surface area (Å²) >= 11 is 0. The number of methoxy groups -OCH3 is 1. The lowest BCUT2D eigenvalue weighted by molar-refractivity contribution is -0.141. The minimum absolute atomic E-state index is 0.0178. The lowest BCUT2D eigenvalue weighted by Gasteiger charge is -2.30. The first-order chi connectivity index (χ1) is 28.1. The van der Waals surface area contributed by atoms with Crippen molar-refractivity contribution >= 4 is 44.7 Å². The van der Waals surface area contributed by atoms with E-state index in [4.69, 9.17) is 23.9 Å². The molecule has 1 saturated carbocycles. The van der Waals surface area contributed by atoms with Gasteiger partial charge >= 0.3 is 6.09 Å². The van der Waals surface area contributed by atoms with Gasteiger partial charge in [0.05, 0.1) is 42.5 Å². The molecule has 7 rings (SSSR count). The maximum absolute atomic E-state index is 14.6. The van der Waals surface area contributed by atoms with Crippen molar-refractivity contribution in [3.63, 3.8) is 0 Å². The third-order valence-corrected chi connectivity index (χ3v) is 11.8. The molecule has 6 unspecified atom stereocenters. The zero-order valence-electron chi connectivity index (χ0n) is 33.2. The highest BCUT2D eigenvalue weighted by Gasteiger charge is 2.61. The number of alkyl carbamates (subject to hydrolysis) is 1. The van der Waals surface area contributed by atoms with Crippen LogP contribution in [0.5, 0.6) is 11.5 Å². The first-order valence-electron chi connectivity index (χ1n) is 19.3. The fourth-order valence-electron chi connectivity index (χ4n) is 7.26. The third kappa shape index (κ3) is 9.34. The summed E-state index contributed by atoms with van der Waals surface area (Å²) in [5, 5.41) is 6.13. The second-order valence-electron chi connectivity index (χ2n) is 15.9. The summed E-state index contributed by atoms with van der Waals surface area (Å²) in [5.74, 6) is -1.81. The fraction of sp³-hybridized carbons (Fsp3) is 0.372. The molecule has 4 amide bonds. The number of pyridine rings is 1. The van der Waals surface area contributed by atoms with Gasteiger partial charge in [-0.3, -0.25) is 14.4 Å². The van der Waals surface area contributed by atoms with E-state index >= 15 is 0 Å². The standard InChI is InChI=1S/C43H47N5O10S/c1-6-27-23-43(27,40(51)47-59(53,54)31-15-11-8-12-16-31)46-38(49)36-21-29(24-48(36)39(50)35(20-30-25-56-30)45-41(52)58-42(2,3)4)57-37-22-33(26-13-9-7-10-14-26)44-34-19-28(55-5)17-18-32(34)37/h6-19,22,27,29-30,35-36H,1,20-21,23-25H2,2-5H3,(H,45,52)(H,46,49)(H,47,51). The molecule has 4 aromatic rings. The monoisotopic (exact) mass is 825 g/mol. The van der Waals surface area contributed by atoms with E-state index in [1.54, 1.807) is 52.1 Å². The Morgan fingerprint density at radius 3 is 2.36 bits per heavy atom. The van der Waals surface area contributed by atoms with Gasteiger partial charge in [0.1, 0.15) is 40.8 Å². The van der Waals surface area contributed by atoms with Gasteiger partial charge in [-0.15, -0.1) is 6.58 Å². The first kappa shape index (κ1) is 41.2. The average Bonchev–Trinajstić information content (AvgIpc) is 4.13. The van der Waals surface area contributed by atoms with Gasteiger partial charge in [0, 0.05) is 41.8 Å². The number of nitrogens with one attached hydrogen (secondary N) is 3. The molecule has 15 nitrogen and oxygen atoms in total. The zero-order chi connectivity index (χ0) is 42.1. The van der Waals surface area contributed by atoms with Crippen LogP contribution in [-0.4, -0.2) is 97.8 Å². The van der Waals surface area contributed by atoms with E-state index in [2.05, 4.69) is 21.9 Å². The van der Waals surface area contributed by atoms with E-state index in [0.717, 1.165) is 5.56 Å². The summed E-state index contributed by atoms with van der Waals surface area (Å²) in [7, 11) is -2.73. The van der Waals surface area contributed by atoms with Gasteiger partial charge in [-0.2, -0.15) is 0 Å². The molecular formula is C43H47N5O10S. The van der Waals surface area contributed by atoms with Crippen molar-refractivity contribution < 1.29 is 46.5 Å². The van der Waals surface area contributed by atoms with E-state index in [1.165, 1.54) is 35.2 Å². The number of fused-ring (bicyclic) bond motifs is 1. The number of ether oxygens (including phenoxy) is 4. The molecule has 0 spiro atoms. The summed E-state index contributed by atoms with van der Waals surface area (Å²) in [6.07, 6.45) is -0.222. The summed E-state index contributed by atoms with van der Waals surface area (Å²) in [5.41, 5.74) is -0.465. The Labute approximate surface area is 342 Å². The molecule has 3 fully saturated rings. The number of carbonyl (C=O) groups excluding carboxylic acids is 4. The number of nitrogens with zero attached hydrogens (tertiary/aromatic N) is 2. The predicted molar refractivity (Wildman–Crippen MR) is 217 cm³/mol. The number of carbonyl (C=O) groups is 4. The van der Waals surface area contributed by atoms with Crippen molar-refractivity contribution in [2.45, 2.75) is 80.4 Å². The van der Waals surface area contributed by atoms with Crippen molar-refractivity contribution in [3.05, 3.63) is 97.6 Å². The molecule has 59 heavy (non-hydrogen) atoms. The van der Waals surface area contributed by atoms with Crippen molar-refractivity contribution in [2.75, 3.05) is 20.3 Å². The molecule has 16 heteroatoms. The van der Waals surface area contributed by atoms with Crippen LogP contribution < -0.4 is 24.8 Å². The number of hydrogen-bond acceptors (Lipinski definition) is 11. The Hall–Kier alpha value is -6.00. The van der Waals surface area contributed by atoms with Gasteiger partial charge in [-0.25, -0.2) is 22.9 Å². The number of epoxide rings is 1. The van der Waals surface area contributed by atoms with Crippen LogP contribution in [0.2, 0.25) is 0 Å². The van der Waals surface area contributed by atoms with E-state index in [-0.39, 0.29) is 36.8 Å². The van der Waals surface area contributed by atoms with Crippen LogP contribution in [0.25, 0.3) is 22.2 Å². The Bertz CT molecular complexity index is 2370. The Balaban J connectivity index is 1.21. The SMILES string of the molecule is C=CC1CC1(NC(=O)C1CC(Oc2cc(-c3ccccc3)nc3cc(OC)ccc23)CN1C(=O)C(CC1CO1)NC(=O)OC(C)(C)C)C(=O)NS(=O)(=O)c1ccccc1. The van der Waals surface area contributed by atoms with Gasteiger partial charge in [0.25, 0.3) is 15.9 Å². The molecule has 3 aromatic carbocycles. The van der Waals surface area contributed by atoms with Crippen molar-refractivity contribution in [3.8, 4) is 22.8 Å². The topological polar surface area (TPSA) is 195 Å². The average molecular weight is 826 g/mol. The van der Waals surface area contributed by atoms with Crippen LogP contribution in [0, 0.1) is 5.92 Å². The van der Waals surface area contributed by atoms with Gasteiger partial charge in [0.2, 0.25) is 11.8 Å². The molecule has 3 aliphatic rings. The lowest BCUT2D eigenvalue weighted by atomic mass is 10.1. The number of benzene rings is 3. The van der Waals surface area contributed by atoms with Crippen LogP contribution in [-0.2, 0) is 33.9 Å². The number of sulfonamides is 1. The largest absolute Gasteiger partial charge is 0.497 e. The number of rotatable bonds is 14. The molecular weight excluding hydrogens is 779 g/mol. The summed E-state index contributed by atoms with van der Waals surface area (Å²) < 4.78 is 51.6. The van der Waals surface area contributed by atoms with E-state index < -0.39 is 69.1 Å². The third-order valence-electron chi connectivity index (χ3n) is 10.4. The van der Waals surface area contributed by atoms with Crippen molar-refractivity contribution in [1.29, 1.82) is 0 Å². The molecule has 3 heterocycles. The Morgan fingerprint density at radius 2 is 1.73 bits per heavy atom. The second kappa shape index (κ2) is 16.3. The van der Waals surface area contributed by atoms with Gasteiger partial charge in [-0.1, -0.05) is 54.6 Å². The minimum atomic E-state index is -4.29. The molecule has 2 aliphatic heterocycles. The molecule has 3 N–H and O–H groups in total. The minimum Gasteiger partial charge on any atom is -0.497 e. The normalized spacial score (nSPS) is 22.7. The van der Waals surface area contributed by atoms with E-state index in [1.807, 2.05) is 36.4 Å². The lowest BCUT2D eigenvalue weighted by Crippen LogP contribution is -2.58. The summed E-state index contributed by atoms with van der Waals surface area (Å²) in [6, 6.07) is 21.8. The molecule has 0 radical (unpaired) electrons. The second-order valence-corrected chi connectivity index (χ2v) is 17.6. The summed E-state index contributed by atoms with van der Waals surface area (Å²) in [4.78, 5) is 62.0. The van der Waals surface area contributed by atoms with Crippen LogP contribution in [0.3, 0.4) is 0 Å². The highest BCUT2D eigenvalue weighted by atomic mass is 32.2. The quantitative estimate of drug-likeness (QED) is 0.120. The van der Waals surface area contributed by atoms with E-state index in [9.17, 15) is 27.6 Å². The first-order valence-corrected chi connectivity index (χ1v) is 20.8. The molecule has 1 aliphatic carbocycles. The van der Waals surface area contributed by atoms with E-state index in [0.29, 0.717) is 34.7 Å². The molecule has 0 bridgehead atoms. The molecule has 310 valence electrons. The molecule has 2 saturated heterocycles. The highest BCUT2D eigenvalue weighted by Crippen LogP contribution is 2.45. The Morgan fingerprint density at radius 1 is 1.03 bits per heavy atom. The van der Waals surface area contributed by atoms with Crippen LogP contribution in [0.1, 0.15) is 40.0 Å². The van der Waals surface area contributed by atoms with Gasteiger partial charge in [-0.05, 0) is 51.5 Å². The van der Waals surface area contributed by atoms with Gasteiger partial charge < -0.3 is 34.5 Å². The number of likely N-dealkylation sites (tertiary alicyclic amines) is 1. The van der Waals surface area contributed by atoms with Crippen LogP contribution in [0.15, 0.2) is 102 Å². The van der Waals surface area contributed by atoms with Crippen LogP contribution >= 0.6 is 0 Å². The zero-order valence-corrected chi connectivity index (χ0v) is 34.0. The highest BCUT2D eigenvalue weighted by molar-refractivity contribution is 7.90. The molecule has 1 aromatic heterocycles. The van der Waals surface area contributed by atoms with Crippen molar-refractivity contribution in [1.82, 2.24) is 25.2 Å². The Kier molecular flexibility index (Phi) is 11.4. The van der Waals surface area contributed by atoms with Crippen LogP contribution in [0.4, 0.5) is 4.79 Å². The maximum atomic E-state index is 14.6. The number of amides is 4. The number of hydrogen-bond donors (Lipinski definition) is 3. The smallest absolute Gasteiger partial charge is 0.408 e. The predicted octanol–water partition coefficient (Wildman–Crippen LogP) is 4.51. The fourth-order valence-corrected chi connectivity index (χ4v) is 8.32. The van der Waals surface area contributed by atoms with Gasteiger partial charge in [0.15, 0.2) is 0 Å². The number of aromatic nitrogens is 1. The summed E-state index contributed by atoms with van der Waals surface area (Å²) in [6.45, 7) is 9.20. The maximum Gasteiger partial charge on any atom is 0.408 e. The molecule has 6 atom stereocenters. The van der Waals surface area contributed by atoms with Crippen molar-refractivity contribution in [2.24, 2.45) is 5.92 Å².